The fourth-order valence-corrected chi connectivity index (χ4v) is 2.69. The highest BCUT2D eigenvalue weighted by molar-refractivity contribution is 5.99. The molecule has 29 heavy (non-hydrogen) atoms. The number of aryl methyl sites for hydroxylation is 1. The molecule has 1 atom stereocenters. The van der Waals surface area contributed by atoms with E-state index >= 15 is 0 Å². The maximum atomic E-state index is 13.4. The number of imide groups is 1. The second-order valence-electron chi connectivity index (χ2n) is 6.40. The normalized spacial score (nSPS) is 11.7. The third-order valence-electron chi connectivity index (χ3n) is 4.27. The lowest BCUT2D eigenvalue weighted by Crippen LogP contribution is -2.44. The summed E-state index contributed by atoms with van der Waals surface area (Å²) in [6.07, 6.45) is -1.24. The highest BCUT2D eigenvalue weighted by atomic mass is 19.1. The van der Waals surface area contributed by atoms with Crippen LogP contribution in [0, 0.1) is 12.7 Å². The molecule has 7 nitrogen and oxygen atoms in total. The van der Waals surface area contributed by atoms with Crippen LogP contribution in [-0.4, -0.2) is 24.0 Å². The minimum absolute atomic E-state index is 0.126. The Morgan fingerprint density at radius 2 is 1.86 bits per heavy atom. The summed E-state index contributed by atoms with van der Waals surface area (Å²) in [5.74, 6) is -2.26. The van der Waals surface area contributed by atoms with Gasteiger partial charge in [-0.15, -0.1) is 0 Å². The first-order valence-electron chi connectivity index (χ1n) is 8.87. The van der Waals surface area contributed by atoms with Crippen molar-refractivity contribution in [1.29, 1.82) is 0 Å². The minimum Gasteiger partial charge on any atom is -0.449 e. The molecule has 0 aliphatic carbocycles. The van der Waals surface area contributed by atoms with Gasteiger partial charge in [0.1, 0.15) is 11.4 Å². The van der Waals surface area contributed by atoms with E-state index in [1.807, 2.05) is 30.3 Å². The Balaban J connectivity index is 1.57. The molecule has 0 aliphatic heterocycles. The van der Waals surface area contributed by atoms with E-state index in [1.54, 1.807) is 6.92 Å². The number of urea groups is 1. The van der Waals surface area contributed by atoms with Crippen molar-refractivity contribution < 1.29 is 27.9 Å². The van der Waals surface area contributed by atoms with Gasteiger partial charge in [0.05, 0.1) is 0 Å². The Morgan fingerprint density at radius 1 is 1.14 bits per heavy atom. The lowest BCUT2D eigenvalue weighted by atomic mass is 10.1. The van der Waals surface area contributed by atoms with Crippen molar-refractivity contribution >= 4 is 28.9 Å². The number of furan rings is 1. The first kappa shape index (κ1) is 20.1. The van der Waals surface area contributed by atoms with Crippen LogP contribution in [0.5, 0.6) is 0 Å². The molecule has 2 aromatic carbocycles. The van der Waals surface area contributed by atoms with E-state index in [9.17, 15) is 18.8 Å². The molecule has 3 rings (SSSR count). The van der Waals surface area contributed by atoms with Crippen LogP contribution in [-0.2, 0) is 16.1 Å². The van der Waals surface area contributed by atoms with Crippen molar-refractivity contribution in [3.63, 3.8) is 0 Å². The zero-order valence-corrected chi connectivity index (χ0v) is 15.8. The minimum atomic E-state index is -1.24. The smallest absolute Gasteiger partial charge is 0.375 e. The molecule has 150 valence electrons. The molecule has 0 spiro atoms. The molecule has 1 aromatic heterocycles. The predicted molar refractivity (Wildman–Crippen MR) is 103 cm³/mol. The molecule has 1 heterocycles. The topological polar surface area (TPSA) is 97.6 Å². The fraction of sp³-hybridized carbons (Fsp3) is 0.190. The lowest BCUT2D eigenvalue weighted by molar-refractivity contribution is -0.128. The number of rotatable bonds is 5. The van der Waals surface area contributed by atoms with Gasteiger partial charge in [-0.3, -0.25) is 10.1 Å². The van der Waals surface area contributed by atoms with Crippen molar-refractivity contribution in [3.05, 3.63) is 71.2 Å². The van der Waals surface area contributed by atoms with E-state index in [2.05, 4.69) is 10.6 Å². The predicted octanol–water partition coefficient (Wildman–Crippen LogP) is 3.45. The van der Waals surface area contributed by atoms with E-state index in [0.717, 1.165) is 5.56 Å². The van der Waals surface area contributed by atoms with E-state index in [4.69, 9.17) is 9.15 Å². The third-order valence-corrected chi connectivity index (χ3v) is 4.27. The number of benzene rings is 2. The standard InChI is InChI=1S/C21H19FN2O5/c1-12-16-10-15(22)8-9-17(16)29-18(12)20(26)28-13(2)19(25)24-21(27)23-11-14-6-4-3-5-7-14/h3-10,13H,11H2,1-2H3,(H2,23,24,25,27)/t13-/m0/s1. The summed E-state index contributed by atoms with van der Waals surface area (Å²) in [6.45, 7) is 3.15. The van der Waals surface area contributed by atoms with Crippen LogP contribution in [0.3, 0.4) is 0 Å². The van der Waals surface area contributed by atoms with Gasteiger partial charge in [-0.05, 0) is 37.6 Å². The molecule has 0 aliphatic rings. The maximum absolute atomic E-state index is 13.4. The number of hydrogen-bond acceptors (Lipinski definition) is 5. The number of amides is 3. The Morgan fingerprint density at radius 3 is 2.59 bits per heavy atom. The molecule has 0 bridgehead atoms. The highest BCUT2D eigenvalue weighted by Crippen LogP contribution is 2.26. The van der Waals surface area contributed by atoms with E-state index in [-0.39, 0.29) is 12.3 Å². The van der Waals surface area contributed by atoms with Crippen LogP contribution in [0.15, 0.2) is 52.9 Å². The van der Waals surface area contributed by atoms with Crippen LogP contribution in [0.2, 0.25) is 0 Å². The number of hydrogen-bond donors (Lipinski definition) is 2. The second kappa shape index (κ2) is 8.55. The number of nitrogens with one attached hydrogen (secondary N) is 2. The zero-order chi connectivity index (χ0) is 21.0. The van der Waals surface area contributed by atoms with Gasteiger partial charge in [0.25, 0.3) is 5.91 Å². The molecule has 0 radical (unpaired) electrons. The lowest BCUT2D eigenvalue weighted by Gasteiger charge is -2.13. The molecular formula is C21H19FN2O5. The quantitative estimate of drug-likeness (QED) is 0.642. The Labute approximate surface area is 165 Å². The van der Waals surface area contributed by atoms with Crippen LogP contribution in [0.1, 0.15) is 28.6 Å². The Hall–Kier alpha value is -3.68. The average Bonchev–Trinajstić information content (AvgIpc) is 3.03. The van der Waals surface area contributed by atoms with E-state index in [1.165, 1.54) is 25.1 Å². The number of halogens is 1. The first-order valence-corrected chi connectivity index (χ1v) is 8.87. The van der Waals surface area contributed by atoms with Crippen molar-refractivity contribution in [2.24, 2.45) is 0 Å². The number of carbonyl (C=O) groups is 3. The zero-order valence-electron chi connectivity index (χ0n) is 15.8. The van der Waals surface area contributed by atoms with Crippen LogP contribution in [0.4, 0.5) is 9.18 Å². The molecule has 0 unspecified atom stereocenters. The summed E-state index contributed by atoms with van der Waals surface area (Å²) < 4.78 is 23.9. The third kappa shape index (κ3) is 4.78. The Bertz CT molecular complexity index is 1060. The summed E-state index contributed by atoms with van der Waals surface area (Å²) >= 11 is 0. The van der Waals surface area contributed by atoms with Crippen molar-refractivity contribution in [3.8, 4) is 0 Å². The first-order chi connectivity index (χ1) is 13.8. The molecule has 2 N–H and O–H groups in total. The SMILES string of the molecule is Cc1c(C(=O)O[C@@H](C)C(=O)NC(=O)NCc2ccccc2)oc2ccc(F)cc12. The average molecular weight is 398 g/mol. The molecular weight excluding hydrogens is 379 g/mol. The fourth-order valence-electron chi connectivity index (χ4n) is 2.69. The summed E-state index contributed by atoms with van der Waals surface area (Å²) in [4.78, 5) is 36.3. The van der Waals surface area contributed by atoms with Gasteiger partial charge in [-0.25, -0.2) is 14.0 Å². The van der Waals surface area contributed by atoms with E-state index < -0.39 is 29.8 Å². The van der Waals surface area contributed by atoms with Gasteiger partial charge >= 0.3 is 12.0 Å². The Kier molecular flexibility index (Phi) is 5.92. The van der Waals surface area contributed by atoms with Crippen molar-refractivity contribution in [2.75, 3.05) is 0 Å². The van der Waals surface area contributed by atoms with Crippen LogP contribution < -0.4 is 10.6 Å². The van der Waals surface area contributed by atoms with Gasteiger partial charge in [0.2, 0.25) is 5.76 Å². The maximum Gasteiger partial charge on any atom is 0.375 e. The summed E-state index contributed by atoms with van der Waals surface area (Å²) in [5, 5.41) is 5.08. The van der Waals surface area contributed by atoms with E-state index in [0.29, 0.717) is 16.5 Å². The van der Waals surface area contributed by atoms with Gasteiger partial charge in [0, 0.05) is 17.5 Å². The van der Waals surface area contributed by atoms with Gasteiger partial charge in [-0.2, -0.15) is 0 Å². The number of esters is 1. The van der Waals surface area contributed by atoms with Crippen LogP contribution >= 0.6 is 0 Å². The summed E-state index contributed by atoms with van der Waals surface area (Å²) in [7, 11) is 0. The monoisotopic (exact) mass is 398 g/mol. The molecule has 3 aromatic rings. The van der Waals surface area contributed by atoms with Gasteiger partial charge in [-0.1, -0.05) is 30.3 Å². The van der Waals surface area contributed by atoms with Gasteiger partial charge in [0.15, 0.2) is 6.10 Å². The molecule has 3 amide bonds. The number of carbonyl (C=O) groups excluding carboxylic acids is 3. The van der Waals surface area contributed by atoms with Crippen molar-refractivity contribution in [1.82, 2.24) is 10.6 Å². The largest absolute Gasteiger partial charge is 0.449 e. The summed E-state index contributed by atoms with van der Waals surface area (Å²) in [6, 6.07) is 12.3. The molecule has 0 fully saturated rings. The second-order valence-corrected chi connectivity index (χ2v) is 6.40. The molecule has 0 saturated heterocycles. The highest BCUT2D eigenvalue weighted by Gasteiger charge is 2.25. The van der Waals surface area contributed by atoms with Crippen LogP contribution in [0.25, 0.3) is 11.0 Å². The number of ether oxygens (including phenoxy) is 1. The number of fused-ring (bicyclic) bond motifs is 1. The van der Waals surface area contributed by atoms with Gasteiger partial charge < -0.3 is 14.5 Å². The molecule has 0 saturated carbocycles. The summed E-state index contributed by atoms with van der Waals surface area (Å²) in [5.41, 5.74) is 1.59. The van der Waals surface area contributed by atoms with Crippen molar-refractivity contribution in [2.45, 2.75) is 26.5 Å². The molecule has 8 heteroatoms.